The molecular weight excluding hydrogens is 490 g/mol. The van der Waals surface area contributed by atoms with Gasteiger partial charge in [-0.05, 0) is 0 Å². The first-order valence-corrected chi connectivity index (χ1v) is 12.0. The third kappa shape index (κ3) is 4.34. The van der Waals surface area contributed by atoms with Gasteiger partial charge in [0, 0.05) is 22.9 Å². The Bertz CT molecular complexity index is 1080. The molecule has 2 saturated heterocycles. The molecule has 0 unspecified atom stereocenters. The van der Waals surface area contributed by atoms with Crippen molar-refractivity contribution in [1.29, 1.82) is 0 Å². The van der Waals surface area contributed by atoms with Crippen LogP contribution in [0.25, 0.3) is 0 Å². The Labute approximate surface area is 201 Å². The molecule has 4 atom stereocenters. The van der Waals surface area contributed by atoms with Gasteiger partial charge in [0.1, 0.15) is 50.4 Å². The van der Waals surface area contributed by atoms with E-state index in [4.69, 9.17) is 5.73 Å². The molecule has 0 saturated carbocycles. The number of likely N-dealkylation sites (N-methyl/N-ethyl adjacent to an activating group) is 1. The van der Waals surface area contributed by atoms with E-state index in [1.54, 1.807) is 7.05 Å². The second-order valence-corrected chi connectivity index (χ2v) is 10.3. The van der Waals surface area contributed by atoms with E-state index in [-0.39, 0.29) is 52.2 Å². The highest BCUT2D eigenvalue weighted by Gasteiger charge is 2.54. The van der Waals surface area contributed by atoms with Crippen molar-refractivity contribution in [1.82, 2.24) is 19.6 Å². The molecule has 184 valence electrons. The second-order valence-electron chi connectivity index (χ2n) is 8.46. The number of anilines is 1. The van der Waals surface area contributed by atoms with E-state index in [1.807, 2.05) is 0 Å². The lowest BCUT2D eigenvalue weighted by Crippen LogP contribution is -2.71. The number of aliphatic hydroxyl groups is 2. The molecule has 3 aliphatic rings. The number of thioether (sulfide) groups is 1. The maximum atomic E-state index is 12.9. The van der Waals surface area contributed by atoms with Crippen LogP contribution in [0.5, 0.6) is 0 Å². The number of amides is 2. The molecule has 34 heavy (non-hydrogen) atoms. The Morgan fingerprint density at radius 3 is 2.62 bits per heavy atom. The minimum absolute atomic E-state index is 0.0636. The van der Waals surface area contributed by atoms with Gasteiger partial charge >= 0.3 is 0 Å². The monoisotopic (exact) mass is 513 g/mol. The van der Waals surface area contributed by atoms with E-state index >= 15 is 0 Å². The fourth-order valence-corrected chi connectivity index (χ4v) is 6.19. The molecule has 1 aromatic rings. The number of nitrogens with one attached hydrogen (secondary N) is 1. The van der Waals surface area contributed by atoms with Crippen molar-refractivity contribution in [3.05, 3.63) is 17.1 Å². The van der Waals surface area contributed by atoms with Crippen LogP contribution in [-0.4, -0.2) is 116 Å². The van der Waals surface area contributed by atoms with Gasteiger partial charge in [-0.25, -0.2) is 0 Å². The minimum atomic E-state index is -1.51. The van der Waals surface area contributed by atoms with Gasteiger partial charge in [0.05, 0.1) is 18.7 Å². The smallest absolute Gasteiger partial charge is 0.278 e. The number of β-lactam (4-membered cyclic amide) rings is 1. The summed E-state index contributed by atoms with van der Waals surface area (Å²) in [5.74, 6) is -2.69. The Hall–Kier alpha value is -2.79. The van der Waals surface area contributed by atoms with Crippen molar-refractivity contribution in [2.45, 2.75) is 23.6 Å². The number of hydrogen-bond acceptors (Lipinski definition) is 13. The average Bonchev–Trinajstić information content (AvgIpc) is 3.30. The number of nitrogen functional groups attached to an aromatic ring is 1. The number of oxime groups is 1. The number of quaternary nitrogens is 1. The highest BCUT2D eigenvalue weighted by Crippen LogP contribution is 2.41. The first-order chi connectivity index (χ1) is 16.0. The Kier molecular flexibility index (Phi) is 6.52. The number of carboxylic acid groups (broad SMARTS) is 1. The third-order valence-electron chi connectivity index (χ3n) is 5.85. The van der Waals surface area contributed by atoms with Crippen molar-refractivity contribution >= 4 is 51.9 Å². The average molecular weight is 514 g/mol. The topological polar surface area (TPSA) is 203 Å². The number of fused-ring (bicyclic) bond motifs is 1. The number of carbonyl (C=O) groups excluding carboxylic acids is 3. The first-order valence-electron chi connectivity index (χ1n) is 10.1. The first kappa shape index (κ1) is 24.3. The fraction of sp³-hybridized carbons (Fsp3) is 0.556. The second kappa shape index (κ2) is 9.10. The van der Waals surface area contributed by atoms with Gasteiger partial charge in [0.15, 0.2) is 5.13 Å². The summed E-state index contributed by atoms with van der Waals surface area (Å²) in [6, 6.07) is -1.01. The van der Waals surface area contributed by atoms with Gasteiger partial charge < -0.3 is 40.5 Å². The molecule has 5 N–H and O–H groups in total. The van der Waals surface area contributed by atoms with Crippen molar-refractivity contribution in [2.24, 2.45) is 5.16 Å². The molecule has 14 nitrogen and oxygen atoms in total. The Balaban J connectivity index is 1.52. The quantitative estimate of drug-likeness (QED) is 0.120. The number of aliphatic hydroxyl groups excluding tert-OH is 2. The van der Waals surface area contributed by atoms with Crippen LogP contribution in [0.15, 0.2) is 16.4 Å². The molecule has 1 aromatic heterocycles. The van der Waals surface area contributed by atoms with Crippen LogP contribution in [-0.2, 0) is 19.2 Å². The highest BCUT2D eigenvalue weighted by molar-refractivity contribution is 8.00. The van der Waals surface area contributed by atoms with Crippen LogP contribution in [0.1, 0.15) is 5.82 Å². The zero-order chi connectivity index (χ0) is 24.8. The molecule has 4 rings (SSSR count). The molecule has 2 amide bonds. The number of aliphatic carboxylic acids is 1. The predicted molar refractivity (Wildman–Crippen MR) is 118 cm³/mol. The largest absolute Gasteiger partial charge is 0.543 e. The molecule has 0 aliphatic carbocycles. The lowest BCUT2D eigenvalue weighted by molar-refractivity contribution is -0.895. The summed E-state index contributed by atoms with van der Waals surface area (Å²) in [6.07, 6.45) is -1.81. The van der Waals surface area contributed by atoms with Crippen LogP contribution in [0.4, 0.5) is 5.13 Å². The zero-order valence-corrected chi connectivity index (χ0v) is 19.8. The summed E-state index contributed by atoms with van der Waals surface area (Å²) in [5.41, 5.74) is 5.51. The number of aromatic nitrogens is 2. The van der Waals surface area contributed by atoms with Gasteiger partial charge in [0.2, 0.25) is 11.5 Å². The van der Waals surface area contributed by atoms with E-state index in [1.165, 1.54) is 18.9 Å². The normalized spacial score (nSPS) is 28.4. The predicted octanol–water partition coefficient (Wildman–Crippen LogP) is -3.94. The lowest BCUT2D eigenvalue weighted by atomic mass is 10.0. The van der Waals surface area contributed by atoms with Crippen LogP contribution < -0.4 is 16.2 Å². The third-order valence-corrected chi connectivity index (χ3v) is 7.73. The number of carbonyl (C=O) groups is 3. The van der Waals surface area contributed by atoms with E-state index in [9.17, 15) is 29.7 Å². The molecule has 0 aromatic carbocycles. The van der Waals surface area contributed by atoms with Gasteiger partial charge in [-0.15, -0.1) is 11.8 Å². The molecule has 2 fully saturated rings. The molecule has 0 radical (unpaired) electrons. The van der Waals surface area contributed by atoms with Crippen molar-refractivity contribution < 1.29 is 39.0 Å². The van der Waals surface area contributed by atoms with Crippen LogP contribution in [0.2, 0.25) is 0 Å². The summed E-state index contributed by atoms with van der Waals surface area (Å²) in [7, 11) is 3.03. The summed E-state index contributed by atoms with van der Waals surface area (Å²) < 4.78 is 4.15. The Morgan fingerprint density at radius 2 is 2.06 bits per heavy atom. The van der Waals surface area contributed by atoms with Gasteiger partial charge in [-0.3, -0.25) is 14.5 Å². The molecule has 16 heteroatoms. The molecule has 3 aliphatic heterocycles. The zero-order valence-electron chi connectivity index (χ0n) is 18.2. The standard InChI is InChI=1S/C18H23N7O7S2/c1-25(4-8(26)9(27)5-25)3-7-6-33-16-11(15(29)24(16)12(7)17(30)31)20-14(28)10(22-32-2)13-21-18(19)34-23-13/h8-9,11,16,26-27H,3-6H2,1-2H3,(H3-,19,20,21,23,28,30,31)/b22-10-/t8-,9-,11+,16+/m0/s1. The molecular formula is C18H23N7O7S2. The van der Waals surface area contributed by atoms with Crippen LogP contribution in [0, 0.1) is 0 Å². The summed E-state index contributed by atoms with van der Waals surface area (Å²) >= 11 is 2.15. The number of carboxylic acids is 1. The van der Waals surface area contributed by atoms with Gasteiger partial charge in [0.25, 0.3) is 11.8 Å². The highest BCUT2D eigenvalue weighted by atomic mass is 32.2. The van der Waals surface area contributed by atoms with Gasteiger partial charge in [-0.2, -0.15) is 9.36 Å². The number of hydrogen-bond donors (Lipinski definition) is 4. The fourth-order valence-electron chi connectivity index (χ4n) is 4.42. The number of nitrogens with zero attached hydrogens (tertiary/aromatic N) is 5. The Morgan fingerprint density at radius 1 is 1.38 bits per heavy atom. The van der Waals surface area contributed by atoms with E-state index in [2.05, 4.69) is 24.7 Å². The molecule has 0 spiro atoms. The lowest BCUT2D eigenvalue weighted by Gasteiger charge is -2.51. The number of nitrogens with two attached hydrogens (primary N) is 1. The number of likely N-dealkylation sites (tertiary alicyclic amines) is 1. The summed E-state index contributed by atoms with van der Waals surface area (Å²) in [4.78, 5) is 47.3. The van der Waals surface area contributed by atoms with Crippen molar-refractivity contribution in [3.8, 4) is 0 Å². The maximum absolute atomic E-state index is 12.9. The van der Waals surface area contributed by atoms with Crippen LogP contribution in [0.3, 0.4) is 0 Å². The summed E-state index contributed by atoms with van der Waals surface area (Å²) in [6.45, 7) is 0.727. The van der Waals surface area contributed by atoms with Crippen LogP contribution >= 0.6 is 23.3 Å². The number of rotatable bonds is 7. The minimum Gasteiger partial charge on any atom is -0.543 e. The van der Waals surface area contributed by atoms with E-state index < -0.39 is 41.4 Å². The van der Waals surface area contributed by atoms with Crippen molar-refractivity contribution in [2.75, 3.05) is 45.3 Å². The summed E-state index contributed by atoms with van der Waals surface area (Å²) in [5, 5.41) is 37.4. The van der Waals surface area contributed by atoms with E-state index in [0.717, 1.165) is 16.4 Å². The van der Waals surface area contributed by atoms with E-state index in [0.29, 0.717) is 5.57 Å². The molecule has 0 bridgehead atoms. The van der Waals surface area contributed by atoms with Crippen molar-refractivity contribution in [3.63, 3.8) is 0 Å². The maximum Gasteiger partial charge on any atom is 0.278 e. The SMILES string of the molecule is CO/N=C(\C(=O)N[C@@H]1C(=O)N2C(C(=O)[O-])=C(C[N+]3(C)C[C@H](O)[C@@H](O)C3)CS[C@H]12)c1nsc(N)n1. The molecule has 4 heterocycles. The van der Waals surface area contributed by atoms with Gasteiger partial charge in [-0.1, -0.05) is 5.16 Å².